The van der Waals surface area contributed by atoms with Crippen molar-refractivity contribution in [2.24, 2.45) is 0 Å². The maximum Gasteiger partial charge on any atom is 0.202 e. The van der Waals surface area contributed by atoms with E-state index >= 15 is 0 Å². The van der Waals surface area contributed by atoms with Crippen molar-refractivity contribution in [1.82, 2.24) is 4.57 Å². The number of rotatable bonds is 4. The minimum absolute atomic E-state index is 0.0423. The lowest BCUT2D eigenvalue weighted by Gasteiger charge is -2.01. The molecule has 0 atom stereocenters. The minimum atomic E-state index is 0.0423. The van der Waals surface area contributed by atoms with Gasteiger partial charge in [-0.25, -0.2) is 0 Å². The second kappa shape index (κ2) is 5.30. The Kier molecular flexibility index (Phi) is 3.55. The summed E-state index contributed by atoms with van der Waals surface area (Å²) in [7, 11) is 0. The number of nitrogens with zero attached hydrogens (tertiary/aromatic N) is 1. The number of aromatic nitrogens is 1. The van der Waals surface area contributed by atoms with Crippen molar-refractivity contribution in [1.29, 1.82) is 0 Å². The van der Waals surface area contributed by atoms with Crippen LogP contribution in [0.4, 0.5) is 0 Å². The quantitative estimate of drug-likeness (QED) is 0.577. The Morgan fingerprint density at radius 2 is 1.94 bits per heavy atom. The van der Waals surface area contributed by atoms with E-state index in [9.17, 15) is 4.79 Å². The first kappa shape index (κ1) is 11.4. The molecule has 2 rings (SSSR count). The lowest BCUT2D eigenvalue weighted by molar-refractivity contribution is 0.103. The zero-order valence-corrected chi connectivity index (χ0v) is 9.84. The molecule has 2 heteroatoms. The monoisotopic (exact) mass is 225 g/mol. The topological polar surface area (TPSA) is 22.0 Å². The number of hydrogen-bond donors (Lipinski definition) is 0. The summed E-state index contributed by atoms with van der Waals surface area (Å²) in [5.41, 5.74) is 1.77. The van der Waals surface area contributed by atoms with E-state index in [0.717, 1.165) is 17.8 Å². The normalized spacial score (nSPS) is 10.9. The highest BCUT2D eigenvalue weighted by Crippen LogP contribution is 2.07. The SMILES string of the molecule is CCn1cccc1C(=O)C=Cc1ccccc1. The third-order valence-corrected chi connectivity index (χ3v) is 2.65. The predicted octanol–water partition coefficient (Wildman–Crippen LogP) is 3.40. The van der Waals surface area contributed by atoms with E-state index in [1.807, 2.05) is 66.2 Å². The van der Waals surface area contributed by atoms with Gasteiger partial charge in [0.25, 0.3) is 0 Å². The molecular weight excluding hydrogens is 210 g/mol. The minimum Gasteiger partial charge on any atom is -0.345 e. The van der Waals surface area contributed by atoms with Crippen LogP contribution in [0.3, 0.4) is 0 Å². The fourth-order valence-electron chi connectivity index (χ4n) is 1.73. The number of carbonyl (C=O) groups is 1. The smallest absolute Gasteiger partial charge is 0.202 e. The Labute approximate surface area is 101 Å². The Hall–Kier alpha value is -2.09. The van der Waals surface area contributed by atoms with Crippen LogP contribution >= 0.6 is 0 Å². The van der Waals surface area contributed by atoms with Gasteiger partial charge in [-0.1, -0.05) is 36.4 Å². The van der Waals surface area contributed by atoms with Crippen molar-refractivity contribution < 1.29 is 4.79 Å². The molecule has 0 saturated carbocycles. The molecule has 0 N–H and O–H groups in total. The molecule has 0 amide bonds. The molecule has 0 fully saturated rings. The molecule has 1 aromatic heterocycles. The summed E-state index contributed by atoms with van der Waals surface area (Å²) in [5, 5.41) is 0. The molecular formula is C15H15NO. The highest BCUT2D eigenvalue weighted by atomic mass is 16.1. The van der Waals surface area contributed by atoms with Gasteiger partial charge in [0.2, 0.25) is 5.78 Å². The Bertz CT molecular complexity index is 523. The van der Waals surface area contributed by atoms with E-state index in [0.29, 0.717) is 0 Å². The molecule has 1 heterocycles. The first-order chi connectivity index (χ1) is 8.31. The Morgan fingerprint density at radius 1 is 1.18 bits per heavy atom. The van der Waals surface area contributed by atoms with Gasteiger partial charge in [-0.15, -0.1) is 0 Å². The second-order valence-corrected chi connectivity index (χ2v) is 3.79. The number of allylic oxidation sites excluding steroid dienone is 1. The van der Waals surface area contributed by atoms with E-state index < -0.39 is 0 Å². The molecule has 0 aliphatic carbocycles. The number of aryl methyl sites for hydroxylation is 1. The third-order valence-electron chi connectivity index (χ3n) is 2.65. The van der Waals surface area contributed by atoms with Gasteiger partial charge >= 0.3 is 0 Å². The van der Waals surface area contributed by atoms with E-state index in [1.54, 1.807) is 6.08 Å². The number of benzene rings is 1. The van der Waals surface area contributed by atoms with Crippen molar-refractivity contribution in [3.8, 4) is 0 Å². The van der Waals surface area contributed by atoms with E-state index in [4.69, 9.17) is 0 Å². The second-order valence-electron chi connectivity index (χ2n) is 3.79. The van der Waals surface area contributed by atoms with Gasteiger partial charge in [0.15, 0.2) is 0 Å². The summed E-state index contributed by atoms with van der Waals surface area (Å²) >= 11 is 0. The van der Waals surface area contributed by atoms with Gasteiger partial charge in [0, 0.05) is 12.7 Å². The fraction of sp³-hybridized carbons (Fsp3) is 0.133. The average molecular weight is 225 g/mol. The van der Waals surface area contributed by atoms with E-state index in [2.05, 4.69) is 0 Å². The molecule has 86 valence electrons. The maximum atomic E-state index is 12.0. The van der Waals surface area contributed by atoms with Gasteiger partial charge in [-0.05, 0) is 30.7 Å². The van der Waals surface area contributed by atoms with Gasteiger partial charge < -0.3 is 4.57 Å². The molecule has 0 aliphatic rings. The summed E-state index contributed by atoms with van der Waals surface area (Å²) < 4.78 is 1.94. The molecule has 2 aromatic rings. The van der Waals surface area contributed by atoms with Gasteiger partial charge in [0.1, 0.15) is 0 Å². The lowest BCUT2D eigenvalue weighted by atomic mass is 10.2. The molecule has 0 bridgehead atoms. The zero-order valence-electron chi connectivity index (χ0n) is 9.84. The van der Waals surface area contributed by atoms with E-state index in [1.165, 1.54) is 0 Å². The third kappa shape index (κ3) is 2.72. The summed E-state index contributed by atoms with van der Waals surface area (Å²) in [6, 6.07) is 13.6. The van der Waals surface area contributed by atoms with Gasteiger partial charge in [-0.2, -0.15) is 0 Å². The molecule has 1 aromatic carbocycles. The van der Waals surface area contributed by atoms with Crippen molar-refractivity contribution >= 4 is 11.9 Å². The number of hydrogen-bond acceptors (Lipinski definition) is 1. The van der Waals surface area contributed by atoms with Crippen LogP contribution in [0.2, 0.25) is 0 Å². The van der Waals surface area contributed by atoms with Gasteiger partial charge in [0.05, 0.1) is 5.69 Å². The van der Waals surface area contributed by atoms with Crippen LogP contribution in [0.5, 0.6) is 0 Å². The number of ketones is 1. The fourth-order valence-corrected chi connectivity index (χ4v) is 1.73. The average Bonchev–Trinajstić information content (AvgIpc) is 2.85. The van der Waals surface area contributed by atoms with Crippen LogP contribution in [-0.2, 0) is 6.54 Å². The zero-order chi connectivity index (χ0) is 12.1. The van der Waals surface area contributed by atoms with Crippen LogP contribution in [0, 0.1) is 0 Å². The highest BCUT2D eigenvalue weighted by molar-refractivity contribution is 6.05. The van der Waals surface area contributed by atoms with Crippen LogP contribution in [0.1, 0.15) is 23.0 Å². The molecule has 0 radical (unpaired) electrons. The Balaban J connectivity index is 2.15. The highest BCUT2D eigenvalue weighted by Gasteiger charge is 2.05. The van der Waals surface area contributed by atoms with Crippen molar-refractivity contribution in [3.05, 3.63) is 66.0 Å². The van der Waals surface area contributed by atoms with Crippen LogP contribution < -0.4 is 0 Å². The first-order valence-corrected chi connectivity index (χ1v) is 5.74. The van der Waals surface area contributed by atoms with Crippen LogP contribution in [0.25, 0.3) is 6.08 Å². The van der Waals surface area contributed by atoms with Crippen molar-refractivity contribution in [2.75, 3.05) is 0 Å². The van der Waals surface area contributed by atoms with Crippen molar-refractivity contribution in [2.45, 2.75) is 13.5 Å². The van der Waals surface area contributed by atoms with Gasteiger partial charge in [-0.3, -0.25) is 4.79 Å². The molecule has 17 heavy (non-hydrogen) atoms. The summed E-state index contributed by atoms with van der Waals surface area (Å²) in [4.78, 5) is 12.0. The number of carbonyl (C=O) groups excluding carboxylic acids is 1. The van der Waals surface area contributed by atoms with Crippen LogP contribution in [-0.4, -0.2) is 10.4 Å². The largest absolute Gasteiger partial charge is 0.345 e. The van der Waals surface area contributed by atoms with Crippen LogP contribution in [0.15, 0.2) is 54.7 Å². The molecule has 0 saturated heterocycles. The lowest BCUT2D eigenvalue weighted by Crippen LogP contribution is -2.04. The molecule has 0 unspecified atom stereocenters. The molecule has 0 aliphatic heterocycles. The van der Waals surface area contributed by atoms with Crippen molar-refractivity contribution in [3.63, 3.8) is 0 Å². The predicted molar refractivity (Wildman–Crippen MR) is 69.9 cm³/mol. The maximum absolute atomic E-state index is 12.0. The molecule has 0 spiro atoms. The Morgan fingerprint density at radius 3 is 2.65 bits per heavy atom. The summed E-state index contributed by atoms with van der Waals surface area (Å²) in [6.45, 7) is 2.84. The van der Waals surface area contributed by atoms with E-state index in [-0.39, 0.29) is 5.78 Å². The summed E-state index contributed by atoms with van der Waals surface area (Å²) in [5.74, 6) is 0.0423. The summed E-state index contributed by atoms with van der Waals surface area (Å²) in [6.07, 6.45) is 5.38. The molecule has 2 nitrogen and oxygen atoms in total. The first-order valence-electron chi connectivity index (χ1n) is 5.74. The standard InChI is InChI=1S/C15H15NO/c1-2-16-12-6-9-14(16)15(17)11-10-13-7-4-3-5-8-13/h3-12H,2H2,1H3.